The maximum atomic E-state index is 15.8. The number of alkyl halides is 1. The molecule has 6 rings (SSSR count). The lowest BCUT2D eigenvalue weighted by Gasteiger charge is -2.63. The predicted octanol–water partition coefficient (Wildman–Crippen LogP) is 2.65. The van der Waals surface area contributed by atoms with Crippen molar-refractivity contribution in [2.45, 2.75) is 44.4 Å². The molecule has 9 nitrogen and oxygen atoms in total. The Labute approximate surface area is 203 Å². The van der Waals surface area contributed by atoms with Gasteiger partial charge in [-0.05, 0) is 51.1 Å². The zero-order chi connectivity index (χ0) is 25.1. The first kappa shape index (κ1) is 23.3. The van der Waals surface area contributed by atoms with Crippen molar-refractivity contribution >= 4 is 5.82 Å². The van der Waals surface area contributed by atoms with Gasteiger partial charge in [-0.3, -0.25) is 9.47 Å². The number of halogens is 1. The summed E-state index contributed by atoms with van der Waals surface area (Å²) in [5.74, 6) is 0.790. The summed E-state index contributed by atoms with van der Waals surface area (Å²) >= 11 is 0. The van der Waals surface area contributed by atoms with Crippen LogP contribution in [0.1, 0.15) is 26.7 Å². The highest BCUT2D eigenvalue weighted by Gasteiger charge is 2.61. The number of fused-ring (bicyclic) bond motifs is 3. The van der Waals surface area contributed by atoms with Gasteiger partial charge in [0.15, 0.2) is 11.6 Å². The van der Waals surface area contributed by atoms with E-state index < -0.39 is 17.4 Å². The molecule has 1 saturated carbocycles. The number of piperidine rings is 2. The molecule has 10 heteroatoms. The smallest absolute Gasteiger partial charge is 0.350 e. The number of rotatable bonds is 4. The highest BCUT2D eigenvalue weighted by atomic mass is 19.1. The van der Waals surface area contributed by atoms with Gasteiger partial charge in [0.1, 0.15) is 18.2 Å². The van der Waals surface area contributed by atoms with Crippen molar-refractivity contribution in [2.24, 2.45) is 12.5 Å². The molecule has 1 N–H and O–H groups in total. The maximum absolute atomic E-state index is 15.8. The molecule has 2 saturated heterocycles. The van der Waals surface area contributed by atoms with Crippen LogP contribution < -0.4 is 10.6 Å². The van der Waals surface area contributed by atoms with Gasteiger partial charge in [0.25, 0.3) is 0 Å². The minimum absolute atomic E-state index is 0.0286. The molecule has 2 aliphatic heterocycles. The molecule has 3 unspecified atom stereocenters. The standard InChI is InChI=1S/C25H30FN7O2/c1-24-10-11-25(2,32(4)13-24)20(26)21(24)33(5)19-9-8-17(29-30-19)16-7-6-15(12-18(16)34)22-27-14-31(3)23(35)28-22/h6-9,12,14,20-21,34H,10-11,13H2,1-5H3/t20?,21?,24?,25-/m1/s1. The highest BCUT2D eigenvalue weighted by molar-refractivity contribution is 5.72. The Morgan fingerprint density at radius 3 is 2.54 bits per heavy atom. The van der Waals surface area contributed by atoms with E-state index in [1.54, 1.807) is 25.2 Å². The topological polar surface area (TPSA) is 100 Å². The third-order valence-corrected chi connectivity index (χ3v) is 8.08. The van der Waals surface area contributed by atoms with Gasteiger partial charge < -0.3 is 10.0 Å². The second-order valence-electron chi connectivity index (χ2n) is 10.4. The average molecular weight is 480 g/mol. The van der Waals surface area contributed by atoms with Crippen molar-refractivity contribution in [1.82, 2.24) is 29.6 Å². The summed E-state index contributed by atoms with van der Waals surface area (Å²) in [6.45, 7) is 5.00. The molecule has 4 heterocycles. The first-order valence-electron chi connectivity index (χ1n) is 11.7. The molecule has 35 heavy (non-hydrogen) atoms. The molecule has 3 aromatic rings. The summed E-state index contributed by atoms with van der Waals surface area (Å²) in [7, 11) is 5.46. The maximum Gasteiger partial charge on any atom is 0.350 e. The largest absolute Gasteiger partial charge is 0.507 e. The van der Waals surface area contributed by atoms with Crippen LogP contribution in [0.4, 0.5) is 10.2 Å². The third-order valence-electron chi connectivity index (χ3n) is 8.08. The van der Waals surface area contributed by atoms with Gasteiger partial charge in [0.05, 0.1) is 17.3 Å². The lowest BCUT2D eigenvalue weighted by Crippen LogP contribution is -2.74. The molecular formula is C25H30FN7O2. The van der Waals surface area contributed by atoms with Crippen LogP contribution in [0.15, 0.2) is 41.5 Å². The van der Waals surface area contributed by atoms with Crippen LogP contribution >= 0.6 is 0 Å². The van der Waals surface area contributed by atoms with Crippen molar-refractivity contribution < 1.29 is 9.50 Å². The lowest BCUT2D eigenvalue weighted by atomic mass is 9.59. The molecule has 0 spiro atoms. The van der Waals surface area contributed by atoms with Crippen molar-refractivity contribution in [3.8, 4) is 28.4 Å². The molecule has 2 bridgehead atoms. The summed E-state index contributed by atoms with van der Waals surface area (Å²) in [5.41, 5.74) is 0.387. The summed E-state index contributed by atoms with van der Waals surface area (Å²) in [6, 6.07) is 8.18. The van der Waals surface area contributed by atoms with Crippen molar-refractivity contribution in [2.75, 3.05) is 25.5 Å². The molecule has 2 aromatic heterocycles. The molecule has 3 fully saturated rings. The fourth-order valence-corrected chi connectivity index (χ4v) is 5.69. The van der Waals surface area contributed by atoms with Crippen LogP contribution in [-0.4, -0.2) is 73.1 Å². The molecular weight excluding hydrogens is 449 g/mol. The van der Waals surface area contributed by atoms with Crippen LogP contribution in [0.25, 0.3) is 22.6 Å². The van der Waals surface area contributed by atoms with Crippen molar-refractivity contribution in [3.63, 3.8) is 0 Å². The highest BCUT2D eigenvalue weighted by Crippen LogP contribution is 2.52. The number of aromatic hydroxyl groups is 1. The Balaban J connectivity index is 1.40. The summed E-state index contributed by atoms with van der Waals surface area (Å²) in [5, 5.41) is 19.3. The van der Waals surface area contributed by atoms with Crippen LogP contribution in [0.5, 0.6) is 5.75 Å². The molecule has 0 radical (unpaired) electrons. The monoisotopic (exact) mass is 479 g/mol. The Hall–Kier alpha value is -3.40. The summed E-state index contributed by atoms with van der Waals surface area (Å²) in [6.07, 6.45) is 2.18. The number of hydrogen-bond acceptors (Lipinski definition) is 8. The number of aryl methyl sites for hydroxylation is 1. The number of nitrogens with zero attached hydrogens (tertiary/aromatic N) is 7. The minimum atomic E-state index is -1.01. The van der Waals surface area contributed by atoms with E-state index in [4.69, 9.17) is 0 Å². The van der Waals surface area contributed by atoms with E-state index in [9.17, 15) is 9.90 Å². The minimum Gasteiger partial charge on any atom is -0.507 e. The van der Waals surface area contributed by atoms with Gasteiger partial charge in [0, 0.05) is 37.2 Å². The molecule has 3 aliphatic rings. The molecule has 4 atom stereocenters. The Morgan fingerprint density at radius 1 is 1.14 bits per heavy atom. The SMILES string of the molecule is CN(c1ccc(-c2ccc(-c3ncn(C)c(=O)n3)cc2O)nn1)C1C(F)[C@@]2(C)CCC1(C)CN2C. The van der Waals surface area contributed by atoms with Gasteiger partial charge in [-0.15, -0.1) is 10.2 Å². The normalized spacial score (nSPS) is 28.3. The van der Waals surface area contributed by atoms with Crippen molar-refractivity contribution in [1.29, 1.82) is 0 Å². The van der Waals surface area contributed by atoms with E-state index in [0.717, 1.165) is 19.4 Å². The summed E-state index contributed by atoms with van der Waals surface area (Å²) in [4.78, 5) is 23.9. The second-order valence-corrected chi connectivity index (χ2v) is 10.4. The number of phenolic OH excluding ortho intramolecular Hbond substituents is 1. The quantitative estimate of drug-likeness (QED) is 0.610. The van der Waals surface area contributed by atoms with E-state index in [-0.39, 0.29) is 23.0 Å². The van der Waals surface area contributed by atoms with E-state index in [1.807, 2.05) is 32.0 Å². The Morgan fingerprint density at radius 2 is 1.91 bits per heavy atom. The Kier molecular flexibility index (Phi) is 5.39. The van der Waals surface area contributed by atoms with Crippen LogP contribution in [0.3, 0.4) is 0 Å². The lowest BCUT2D eigenvalue weighted by molar-refractivity contribution is -0.123. The van der Waals surface area contributed by atoms with Gasteiger partial charge >= 0.3 is 5.69 Å². The molecule has 1 aliphatic carbocycles. The first-order chi connectivity index (χ1) is 16.5. The average Bonchev–Trinajstić information content (AvgIpc) is 2.83. The number of hydrogen-bond donors (Lipinski definition) is 1. The van der Waals surface area contributed by atoms with Crippen LogP contribution in [0.2, 0.25) is 0 Å². The van der Waals surface area contributed by atoms with Crippen LogP contribution in [0, 0.1) is 5.41 Å². The van der Waals surface area contributed by atoms with E-state index >= 15 is 4.39 Å². The molecule has 0 amide bonds. The second kappa shape index (κ2) is 8.08. The zero-order valence-electron chi connectivity index (χ0n) is 20.6. The first-order valence-corrected chi connectivity index (χ1v) is 11.7. The molecule has 1 aromatic carbocycles. The van der Waals surface area contributed by atoms with Gasteiger partial charge in [-0.2, -0.15) is 4.98 Å². The zero-order valence-corrected chi connectivity index (χ0v) is 20.6. The number of benzene rings is 1. The van der Waals surface area contributed by atoms with E-state index in [1.165, 1.54) is 17.0 Å². The fraction of sp³-hybridized carbons (Fsp3) is 0.480. The van der Waals surface area contributed by atoms with E-state index in [2.05, 4.69) is 32.0 Å². The summed E-state index contributed by atoms with van der Waals surface area (Å²) < 4.78 is 17.1. The van der Waals surface area contributed by atoms with Crippen LogP contribution in [-0.2, 0) is 7.05 Å². The fourth-order valence-electron chi connectivity index (χ4n) is 5.69. The molecule has 184 valence electrons. The van der Waals surface area contributed by atoms with Gasteiger partial charge in [0.2, 0.25) is 0 Å². The Bertz CT molecular complexity index is 1330. The predicted molar refractivity (Wildman–Crippen MR) is 131 cm³/mol. The van der Waals surface area contributed by atoms with E-state index in [0.29, 0.717) is 22.6 Å². The van der Waals surface area contributed by atoms with Crippen molar-refractivity contribution in [3.05, 3.63) is 47.1 Å². The number of phenols is 1. The number of anilines is 1. The van der Waals surface area contributed by atoms with Gasteiger partial charge in [-0.1, -0.05) is 13.0 Å². The number of aromatic nitrogens is 5. The third kappa shape index (κ3) is 3.67. The van der Waals surface area contributed by atoms with Gasteiger partial charge in [-0.25, -0.2) is 14.2 Å².